The molecule has 0 aromatic heterocycles. The molecular formula is C20H32N4O2. The molecule has 0 saturated carbocycles. The van der Waals surface area contributed by atoms with Crippen molar-refractivity contribution in [2.24, 2.45) is 10.9 Å². The number of hydrogen-bond donors (Lipinski definition) is 2. The number of benzene rings is 1. The summed E-state index contributed by atoms with van der Waals surface area (Å²) < 4.78 is 5.70. The highest BCUT2D eigenvalue weighted by Gasteiger charge is 2.17. The molecule has 1 saturated heterocycles. The molecule has 0 atom stereocenters. The van der Waals surface area contributed by atoms with Gasteiger partial charge in [-0.2, -0.15) is 0 Å². The number of nitrogens with zero attached hydrogens (tertiary/aromatic N) is 2. The summed E-state index contributed by atoms with van der Waals surface area (Å²) in [7, 11) is 0. The molecule has 6 heteroatoms. The van der Waals surface area contributed by atoms with Gasteiger partial charge in [-0.3, -0.25) is 4.79 Å². The van der Waals surface area contributed by atoms with Crippen molar-refractivity contribution in [3.8, 4) is 5.75 Å². The van der Waals surface area contributed by atoms with Crippen LogP contribution >= 0.6 is 0 Å². The molecule has 0 spiro atoms. The zero-order chi connectivity index (χ0) is 18.8. The molecular weight excluding hydrogens is 328 g/mol. The molecule has 1 aliphatic heterocycles. The normalized spacial score (nSPS) is 14.6. The summed E-state index contributed by atoms with van der Waals surface area (Å²) >= 11 is 0. The van der Waals surface area contributed by atoms with Crippen molar-refractivity contribution in [3.05, 3.63) is 29.8 Å². The van der Waals surface area contributed by atoms with Crippen molar-refractivity contribution in [3.63, 3.8) is 0 Å². The number of carbonyl (C=O) groups excluding carboxylic acids is 1. The standard InChI is InChI=1S/C20H32N4O2/c1-4-21-20(23-14-19(25)24-11-5-6-12-24)22-13-17-7-9-18(10-8-17)26-15-16(2)3/h7-10,16H,4-6,11-15H2,1-3H3,(H2,21,22,23). The minimum absolute atomic E-state index is 0.139. The third kappa shape index (κ3) is 6.94. The fourth-order valence-corrected chi connectivity index (χ4v) is 2.70. The number of likely N-dealkylation sites (tertiary alicyclic amines) is 1. The highest BCUT2D eigenvalue weighted by atomic mass is 16.5. The molecule has 1 aromatic rings. The maximum atomic E-state index is 12.1. The van der Waals surface area contributed by atoms with Gasteiger partial charge in [0.05, 0.1) is 19.7 Å². The lowest BCUT2D eigenvalue weighted by atomic mass is 10.2. The second kappa shape index (κ2) is 10.7. The number of hydrogen-bond acceptors (Lipinski definition) is 3. The van der Waals surface area contributed by atoms with Gasteiger partial charge in [-0.1, -0.05) is 26.0 Å². The van der Waals surface area contributed by atoms with Gasteiger partial charge in [-0.05, 0) is 43.4 Å². The Morgan fingerprint density at radius 1 is 1.19 bits per heavy atom. The maximum absolute atomic E-state index is 12.1. The Labute approximate surface area is 157 Å². The lowest BCUT2D eigenvalue weighted by Crippen LogP contribution is -2.44. The molecule has 26 heavy (non-hydrogen) atoms. The fourth-order valence-electron chi connectivity index (χ4n) is 2.70. The topological polar surface area (TPSA) is 66.0 Å². The van der Waals surface area contributed by atoms with E-state index in [1.807, 2.05) is 36.1 Å². The van der Waals surface area contributed by atoms with Crippen LogP contribution in [0, 0.1) is 5.92 Å². The fraction of sp³-hybridized carbons (Fsp3) is 0.600. The second-order valence-electron chi connectivity index (χ2n) is 6.99. The SMILES string of the molecule is CCNC(=NCc1ccc(OCC(C)C)cc1)NCC(=O)N1CCCC1. The van der Waals surface area contributed by atoms with Gasteiger partial charge >= 0.3 is 0 Å². The van der Waals surface area contributed by atoms with Crippen molar-refractivity contribution in [2.75, 3.05) is 32.8 Å². The summed E-state index contributed by atoms with van der Waals surface area (Å²) in [5.74, 6) is 2.20. The van der Waals surface area contributed by atoms with Crippen LogP contribution in [0.3, 0.4) is 0 Å². The van der Waals surface area contributed by atoms with Gasteiger partial charge < -0.3 is 20.3 Å². The van der Waals surface area contributed by atoms with Crippen molar-refractivity contribution in [1.29, 1.82) is 0 Å². The van der Waals surface area contributed by atoms with Crippen molar-refractivity contribution >= 4 is 11.9 Å². The van der Waals surface area contributed by atoms with E-state index in [9.17, 15) is 4.79 Å². The summed E-state index contributed by atoms with van der Waals surface area (Å²) in [6.45, 7) is 10.3. The molecule has 1 heterocycles. The van der Waals surface area contributed by atoms with E-state index in [2.05, 4.69) is 29.5 Å². The number of amides is 1. The predicted octanol–water partition coefficient (Wildman–Crippen LogP) is 2.40. The molecule has 1 aromatic carbocycles. The minimum Gasteiger partial charge on any atom is -0.493 e. The summed E-state index contributed by atoms with van der Waals surface area (Å²) in [4.78, 5) is 18.6. The Kier molecular flexibility index (Phi) is 8.25. The van der Waals surface area contributed by atoms with Crippen LogP contribution in [-0.2, 0) is 11.3 Å². The minimum atomic E-state index is 0.139. The van der Waals surface area contributed by atoms with Crippen LogP contribution in [0.15, 0.2) is 29.3 Å². The van der Waals surface area contributed by atoms with E-state index < -0.39 is 0 Å². The first kappa shape index (κ1) is 20.1. The van der Waals surface area contributed by atoms with E-state index in [1.54, 1.807) is 0 Å². The number of guanidine groups is 1. The summed E-state index contributed by atoms with van der Waals surface area (Å²) in [5.41, 5.74) is 1.10. The van der Waals surface area contributed by atoms with Gasteiger partial charge in [0.1, 0.15) is 5.75 Å². The highest BCUT2D eigenvalue weighted by Crippen LogP contribution is 2.14. The van der Waals surface area contributed by atoms with E-state index in [1.165, 1.54) is 0 Å². The van der Waals surface area contributed by atoms with E-state index in [-0.39, 0.29) is 12.5 Å². The number of ether oxygens (including phenoxy) is 1. The van der Waals surface area contributed by atoms with E-state index in [0.717, 1.165) is 50.4 Å². The molecule has 2 rings (SSSR count). The van der Waals surface area contributed by atoms with Crippen molar-refractivity contribution < 1.29 is 9.53 Å². The molecule has 1 fully saturated rings. The molecule has 0 unspecified atom stereocenters. The molecule has 6 nitrogen and oxygen atoms in total. The number of carbonyl (C=O) groups is 1. The summed E-state index contributed by atoms with van der Waals surface area (Å²) in [6.07, 6.45) is 2.22. The lowest BCUT2D eigenvalue weighted by molar-refractivity contribution is -0.128. The Balaban J connectivity index is 1.84. The molecule has 0 radical (unpaired) electrons. The zero-order valence-corrected chi connectivity index (χ0v) is 16.3. The van der Waals surface area contributed by atoms with Crippen molar-refractivity contribution in [2.45, 2.75) is 40.2 Å². The van der Waals surface area contributed by atoms with Crippen molar-refractivity contribution in [1.82, 2.24) is 15.5 Å². The van der Waals surface area contributed by atoms with Crippen LogP contribution in [0.1, 0.15) is 39.2 Å². The Hall–Kier alpha value is -2.24. The smallest absolute Gasteiger partial charge is 0.241 e. The third-order valence-electron chi connectivity index (χ3n) is 4.14. The average molecular weight is 361 g/mol. The predicted molar refractivity (Wildman–Crippen MR) is 105 cm³/mol. The monoisotopic (exact) mass is 360 g/mol. The molecule has 2 N–H and O–H groups in total. The third-order valence-corrected chi connectivity index (χ3v) is 4.14. The highest BCUT2D eigenvalue weighted by molar-refractivity contribution is 5.86. The molecule has 144 valence electrons. The molecule has 1 aliphatic rings. The zero-order valence-electron chi connectivity index (χ0n) is 16.3. The molecule has 1 amide bonds. The summed E-state index contributed by atoms with van der Waals surface area (Å²) in [6, 6.07) is 8.01. The Morgan fingerprint density at radius 3 is 2.50 bits per heavy atom. The lowest BCUT2D eigenvalue weighted by Gasteiger charge is -2.17. The molecule has 0 aliphatic carbocycles. The number of nitrogens with one attached hydrogen (secondary N) is 2. The van der Waals surface area contributed by atoms with Crippen LogP contribution in [-0.4, -0.2) is 49.6 Å². The van der Waals surface area contributed by atoms with E-state index >= 15 is 0 Å². The second-order valence-corrected chi connectivity index (χ2v) is 6.99. The number of rotatable bonds is 8. The maximum Gasteiger partial charge on any atom is 0.241 e. The van der Waals surface area contributed by atoms with E-state index in [4.69, 9.17) is 4.74 Å². The van der Waals surface area contributed by atoms with Gasteiger partial charge in [-0.15, -0.1) is 0 Å². The van der Waals surface area contributed by atoms with E-state index in [0.29, 0.717) is 18.4 Å². The number of aliphatic imine (C=N–C) groups is 1. The Morgan fingerprint density at radius 2 is 1.88 bits per heavy atom. The first-order valence-corrected chi connectivity index (χ1v) is 9.60. The first-order chi connectivity index (χ1) is 12.6. The van der Waals surface area contributed by atoms with Crippen LogP contribution in [0.2, 0.25) is 0 Å². The largest absolute Gasteiger partial charge is 0.493 e. The first-order valence-electron chi connectivity index (χ1n) is 9.60. The van der Waals surface area contributed by atoms with Gasteiger partial charge in [0.2, 0.25) is 5.91 Å². The average Bonchev–Trinajstić information content (AvgIpc) is 3.17. The van der Waals surface area contributed by atoms with Crippen LogP contribution in [0.5, 0.6) is 5.75 Å². The molecule has 0 bridgehead atoms. The van der Waals surface area contributed by atoms with Gasteiger partial charge in [-0.25, -0.2) is 4.99 Å². The van der Waals surface area contributed by atoms with Gasteiger partial charge in [0.25, 0.3) is 0 Å². The van der Waals surface area contributed by atoms with Gasteiger partial charge in [0.15, 0.2) is 5.96 Å². The van der Waals surface area contributed by atoms with Gasteiger partial charge in [0, 0.05) is 19.6 Å². The van der Waals surface area contributed by atoms with Crippen LogP contribution in [0.4, 0.5) is 0 Å². The Bertz CT molecular complexity index is 578. The quantitative estimate of drug-likeness (QED) is 0.552. The van der Waals surface area contributed by atoms with Crippen LogP contribution in [0.25, 0.3) is 0 Å². The van der Waals surface area contributed by atoms with Crippen LogP contribution < -0.4 is 15.4 Å². The summed E-state index contributed by atoms with van der Waals surface area (Å²) in [5, 5.41) is 6.32.